The van der Waals surface area contributed by atoms with Gasteiger partial charge in [0, 0.05) is 6.42 Å². The van der Waals surface area contributed by atoms with Gasteiger partial charge in [0.2, 0.25) is 0 Å². The number of nitriles is 1. The third-order valence-electron chi connectivity index (χ3n) is 1.07. The number of hydrogen-bond donors (Lipinski definition) is 0. The van der Waals surface area contributed by atoms with E-state index < -0.39 is 0 Å². The molecule has 0 amide bonds. The minimum absolute atomic E-state index is 0.639. The van der Waals surface area contributed by atoms with Crippen LogP contribution in [0, 0.1) is 11.3 Å². The molecule has 0 saturated heterocycles. The summed E-state index contributed by atoms with van der Waals surface area (Å²) >= 11 is 0. The summed E-state index contributed by atoms with van der Waals surface area (Å²) in [6.45, 7) is 1.81. The number of carbonyl (C=O) groups excluding carboxylic acids is 1. The van der Waals surface area contributed by atoms with Gasteiger partial charge in [-0.25, -0.2) is 0 Å². The molecular weight excluding hydrogens is 150 g/mol. The lowest BCUT2D eigenvalue weighted by atomic mass is 10.2. The van der Waals surface area contributed by atoms with E-state index in [0.717, 1.165) is 6.29 Å². The van der Waals surface area contributed by atoms with E-state index in [2.05, 4.69) is 0 Å². The number of benzene rings is 1. The standard InChI is InChI=1S/C7H5N.C3H6O/c8-6-7-4-2-1-3-5-7;1-2-3-4/h1-5H;3H,2H2,1H3. The summed E-state index contributed by atoms with van der Waals surface area (Å²) in [5.74, 6) is 0. The molecule has 0 fully saturated rings. The van der Waals surface area contributed by atoms with Crippen molar-refractivity contribution in [1.82, 2.24) is 0 Å². The molecule has 0 atom stereocenters. The monoisotopic (exact) mass is 161 g/mol. The van der Waals surface area contributed by atoms with Gasteiger partial charge in [-0.3, -0.25) is 0 Å². The lowest BCUT2D eigenvalue weighted by molar-refractivity contribution is -0.107. The Balaban J connectivity index is 0.000000261. The topological polar surface area (TPSA) is 40.9 Å². The summed E-state index contributed by atoms with van der Waals surface area (Å²) in [7, 11) is 0. The second kappa shape index (κ2) is 7.49. The Hall–Kier alpha value is -1.62. The summed E-state index contributed by atoms with van der Waals surface area (Å²) in [4.78, 5) is 9.17. The molecule has 62 valence electrons. The van der Waals surface area contributed by atoms with Gasteiger partial charge >= 0.3 is 0 Å². The molecular formula is C10H11NO. The molecule has 0 saturated carbocycles. The van der Waals surface area contributed by atoms with E-state index in [9.17, 15) is 4.79 Å². The molecule has 0 aliphatic rings. The first-order valence-corrected chi connectivity index (χ1v) is 3.74. The molecule has 0 bridgehead atoms. The summed E-state index contributed by atoms with van der Waals surface area (Å²) < 4.78 is 0. The van der Waals surface area contributed by atoms with Gasteiger partial charge in [0.25, 0.3) is 0 Å². The molecule has 1 rings (SSSR count). The van der Waals surface area contributed by atoms with Crippen molar-refractivity contribution >= 4 is 6.29 Å². The number of rotatable bonds is 1. The van der Waals surface area contributed by atoms with Crippen molar-refractivity contribution in [3.05, 3.63) is 35.9 Å². The average molecular weight is 161 g/mol. The third kappa shape index (κ3) is 5.19. The maximum absolute atomic E-state index is 9.17. The number of hydrogen-bond acceptors (Lipinski definition) is 2. The zero-order valence-electron chi connectivity index (χ0n) is 7.03. The summed E-state index contributed by atoms with van der Waals surface area (Å²) in [6.07, 6.45) is 1.51. The van der Waals surface area contributed by atoms with Crippen molar-refractivity contribution in [2.75, 3.05) is 0 Å². The Kier molecular flexibility index (Phi) is 6.48. The van der Waals surface area contributed by atoms with Crippen LogP contribution in [0.25, 0.3) is 0 Å². The normalized spacial score (nSPS) is 7.33. The van der Waals surface area contributed by atoms with E-state index in [1.807, 2.05) is 31.2 Å². The first-order chi connectivity index (χ1) is 5.85. The minimum atomic E-state index is 0.639. The highest BCUT2D eigenvalue weighted by Gasteiger charge is 1.79. The van der Waals surface area contributed by atoms with Crippen LogP contribution in [0.5, 0.6) is 0 Å². The van der Waals surface area contributed by atoms with Crippen molar-refractivity contribution in [3.8, 4) is 6.07 Å². The molecule has 12 heavy (non-hydrogen) atoms. The Labute approximate surface area is 72.5 Å². The molecule has 2 heteroatoms. The van der Waals surface area contributed by atoms with Gasteiger partial charge in [0.05, 0.1) is 11.6 Å². The second-order valence-corrected chi connectivity index (χ2v) is 2.05. The molecule has 0 heterocycles. The Morgan fingerprint density at radius 3 is 2.17 bits per heavy atom. The van der Waals surface area contributed by atoms with Gasteiger partial charge in [0.15, 0.2) is 0 Å². The molecule has 1 aromatic carbocycles. The van der Waals surface area contributed by atoms with E-state index in [1.54, 1.807) is 12.1 Å². The molecule has 0 aliphatic heterocycles. The molecule has 0 radical (unpaired) electrons. The largest absolute Gasteiger partial charge is 0.303 e. The van der Waals surface area contributed by atoms with Crippen LogP contribution in [-0.4, -0.2) is 6.29 Å². The highest BCUT2D eigenvalue weighted by molar-refractivity contribution is 5.48. The number of nitrogens with zero attached hydrogens (tertiary/aromatic N) is 1. The molecule has 2 nitrogen and oxygen atoms in total. The maximum atomic E-state index is 9.17. The van der Waals surface area contributed by atoms with Crippen molar-refractivity contribution in [2.24, 2.45) is 0 Å². The zero-order valence-corrected chi connectivity index (χ0v) is 7.03. The van der Waals surface area contributed by atoms with E-state index in [4.69, 9.17) is 5.26 Å². The van der Waals surface area contributed by atoms with Crippen molar-refractivity contribution in [2.45, 2.75) is 13.3 Å². The lowest BCUT2D eigenvalue weighted by Crippen LogP contribution is -1.66. The van der Waals surface area contributed by atoms with Crippen LogP contribution in [0.2, 0.25) is 0 Å². The summed E-state index contributed by atoms with van der Waals surface area (Å²) in [5.41, 5.74) is 0.715. The Bertz CT molecular complexity index is 248. The fourth-order valence-electron chi connectivity index (χ4n) is 0.513. The van der Waals surface area contributed by atoms with Crippen LogP contribution in [0.3, 0.4) is 0 Å². The third-order valence-corrected chi connectivity index (χ3v) is 1.07. The minimum Gasteiger partial charge on any atom is -0.303 e. The highest BCUT2D eigenvalue weighted by atomic mass is 16.1. The van der Waals surface area contributed by atoms with Crippen molar-refractivity contribution in [1.29, 1.82) is 5.26 Å². The van der Waals surface area contributed by atoms with Crippen LogP contribution in [0.4, 0.5) is 0 Å². The zero-order chi connectivity index (χ0) is 9.23. The number of carbonyl (C=O) groups is 1. The van der Waals surface area contributed by atoms with Gasteiger partial charge < -0.3 is 4.79 Å². The van der Waals surface area contributed by atoms with Crippen molar-refractivity contribution in [3.63, 3.8) is 0 Å². The highest BCUT2D eigenvalue weighted by Crippen LogP contribution is 1.92. The van der Waals surface area contributed by atoms with Crippen LogP contribution >= 0.6 is 0 Å². The first-order valence-electron chi connectivity index (χ1n) is 3.74. The maximum Gasteiger partial charge on any atom is 0.119 e. The van der Waals surface area contributed by atoms with E-state index in [-0.39, 0.29) is 0 Å². The molecule has 1 aromatic rings. The van der Waals surface area contributed by atoms with Gasteiger partial charge in [-0.15, -0.1) is 0 Å². The molecule has 0 N–H and O–H groups in total. The Morgan fingerprint density at radius 2 is 1.92 bits per heavy atom. The quantitative estimate of drug-likeness (QED) is 0.592. The van der Waals surface area contributed by atoms with Gasteiger partial charge in [0.1, 0.15) is 6.29 Å². The fourth-order valence-corrected chi connectivity index (χ4v) is 0.513. The fraction of sp³-hybridized carbons (Fsp3) is 0.200. The molecule has 0 aliphatic carbocycles. The lowest BCUT2D eigenvalue weighted by Gasteiger charge is -1.80. The molecule has 0 unspecified atom stereocenters. The van der Waals surface area contributed by atoms with Crippen LogP contribution in [-0.2, 0) is 4.79 Å². The smallest absolute Gasteiger partial charge is 0.119 e. The van der Waals surface area contributed by atoms with E-state index >= 15 is 0 Å². The first kappa shape index (κ1) is 10.4. The Morgan fingerprint density at radius 1 is 1.42 bits per heavy atom. The van der Waals surface area contributed by atoms with E-state index in [0.29, 0.717) is 12.0 Å². The van der Waals surface area contributed by atoms with Gasteiger partial charge in [-0.1, -0.05) is 25.1 Å². The SMILES string of the molecule is CCC=O.N#Cc1ccccc1. The predicted octanol–water partition coefficient (Wildman–Crippen LogP) is 2.15. The predicted molar refractivity (Wildman–Crippen MR) is 47.5 cm³/mol. The van der Waals surface area contributed by atoms with Gasteiger partial charge in [-0.2, -0.15) is 5.26 Å². The van der Waals surface area contributed by atoms with Crippen LogP contribution in [0.15, 0.2) is 30.3 Å². The number of aldehydes is 1. The second-order valence-electron chi connectivity index (χ2n) is 2.05. The summed E-state index contributed by atoms with van der Waals surface area (Å²) in [5, 5.41) is 8.29. The average Bonchev–Trinajstić information content (AvgIpc) is 2.19. The van der Waals surface area contributed by atoms with E-state index in [1.165, 1.54) is 0 Å². The molecule has 0 aromatic heterocycles. The van der Waals surface area contributed by atoms with Gasteiger partial charge in [-0.05, 0) is 12.1 Å². The van der Waals surface area contributed by atoms with Crippen molar-refractivity contribution < 1.29 is 4.79 Å². The molecule has 0 spiro atoms. The van der Waals surface area contributed by atoms with Crippen LogP contribution in [0.1, 0.15) is 18.9 Å². The van der Waals surface area contributed by atoms with Crippen LogP contribution < -0.4 is 0 Å². The summed E-state index contributed by atoms with van der Waals surface area (Å²) in [6, 6.07) is 11.2.